The molecule has 6 heteroatoms. The molecule has 0 heterocycles. The summed E-state index contributed by atoms with van der Waals surface area (Å²) in [7, 11) is 0. The van der Waals surface area contributed by atoms with Crippen LogP contribution in [0.4, 0.5) is 8.78 Å². The summed E-state index contributed by atoms with van der Waals surface area (Å²) in [5, 5.41) is 0. The Morgan fingerprint density at radius 3 is 1.90 bits per heavy atom. The normalized spacial score (nSPS) is 12.8. The van der Waals surface area contributed by atoms with Gasteiger partial charge in [-0.1, -0.05) is 55.5 Å². The Morgan fingerprint density at radius 2 is 1.40 bits per heavy atom. The lowest BCUT2D eigenvalue weighted by Crippen LogP contribution is -2.44. The number of amides is 2. The van der Waals surface area contributed by atoms with Gasteiger partial charge in [-0.2, -0.15) is 0 Å². The number of hydrogen-bond donors (Lipinski definition) is 1. The number of nitrogens with two attached hydrogens (primary N) is 1. The zero-order valence-electron chi connectivity index (χ0n) is 16.5. The lowest BCUT2D eigenvalue weighted by molar-refractivity contribution is -0.123. The van der Waals surface area contributed by atoms with E-state index in [4.69, 9.17) is 5.73 Å². The molecule has 0 bridgehead atoms. The lowest BCUT2D eigenvalue weighted by Gasteiger charge is -2.37. The standard InChI is InChI=1S/C24H22F2N2O2/c1-2-21(18-13-19(25)15-20(26)14-18)28(24(30)17-11-7-4-8-12-17)22(23(27)29)16-9-5-3-6-10-16/h3-15,21-22H,2H2,1H3,(H2,27,29)/t21-,22-/m1/s1. The SMILES string of the molecule is CC[C@H](c1cc(F)cc(F)c1)N(C(=O)c1ccccc1)[C@@H](C(N)=O)c1ccccc1. The quantitative estimate of drug-likeness (QED) is 0.611. The molecule has 0 spiro atoms. The first-order valence-electron chi connectivity index (χ1n) is 9.60. The highest BCUT2D eigenvalue weighted by Crippen LogP contribution is 2.35. The first-order valence-corrected chi connectivity index (χ1v) is 9.60. The van der Waals surface area contributed by atoms with Crippen LogP contribution in [0.2, 0.25) is 0 Å². The summed E-state index contributed by atoms with van der Waals surface area (Å²) in [4.78, 5) is 27.4. The van der Waals surface area contributed by atoms with Gasteiger partial charge in [0.1, 0.15) is 17.7 Å². The Bertz CT molecular complexity index is 1010. The van der Waals surface area contributed by atoms with E-state index in [-0.39, 0.29) is 5.56 Å². The van der Waals surface area contributed by atoms with Gasteiger partial charge in [0.05, 0.1) is 6.04 Å². The average molecular weight is 408 g/mol. The van der Waals surface area contributed by atoms with Crippen LogP contribution in [0.3, 0.4) is 0 Å². The van der Waals surface area contributed by atoms with Crippen LogP contribution in [-0.2, 0) is 4.79 Å². The summed E-state index contributed by atoms with van der Waals surface area (Å²) in [6.45, 7) is 1.78. The zero-order valence-corrected chi connectivity index (χ0v) is 16.5. The summed E-state index contributed by atoms with van der Waals surface area (Å²) in [6.07, 6.45) is 0.318. The first kappa shape index (κ1) is 21.2. The van der Waals surface area contributed by atoms with E-state index in [1.807, 2.05) is 0 Å². The third kappa shape index (κ3) is 4.54. The first-order chi connectivity index (χ1) is 14.4. The molecule has 0 radical (unpaired) electrons. The van der Waals surface area contributed by atoms with Crippen molar-refractivity contribution in [1.82, 2.24) is 4.90 Å². The number of nitrogens with zero attached hydrogens (tertiary/aromatic N) is 1. The molecule has 0 saturated carbocycles. The van der Waals surface area contributed by atoms with Crippen molar-refractivity contribution in [2.24, 2.45) is 5.73 Å². The van der Waals surface area contributed by atoms with Crippen LogP contribution in [0.1, 0.15) is 46.9 Å². The molecule has 0 saturated heterocycles. The fourth-order valence-electron chi connectivity index (χ4n) is 3.63. The van der Waals surface area contributed by atoms with Gasteiger partial charge in [-0.05, 0) is 41.8 Å². The highest BCUT2D eigenvalue weighted by molar-refractivity contribution is 5.98. The lowest BCUT2D eigenvalue weighted by atomic mass is 9.95. The second-order valence-corrected chi connectivity index (χ2v) is 6.92. The van der Waals surface area contributed by atoms with Crippen LogP contribution in [0.15, 0.2) is 78.9 Å². The fraction of sp³-hybridized carbons (Fsp3) is 0.167. The van der Waals surface area contributed by atoms with E-state index in [0.717, 1.165) is 6.07 Å². The maximum atomic E-state index is 14.0. The molecule has 3 rings (SSSR count). The molecule has 0 aliphatic rings. The number of hydrogen-bond acceptors (Lipinski definition) is 2. The summed E-state index contributed by atoms with van der Waals surface area (Å²) >= 11 is 0. The third-order valence-corrected chi connectivity index (χ3v) is 4.91. The van der Waals surface area contributed by atoms with Gasteiger partial charge in [0.2, 0.25) is 5.91 Å². The van der Waals surface area contributed by atoms with E-state index in [1.54, 1.807) is 67.6 Å². The van der Waals surface area contributed by atoms with Crippen LogP contribution in [0, 0.1) is 11.6 Å². The Hall–Kier alpha value is -3.54. The highest BCUT2D eigenvalue weighted by atomic mass is 19.1. The van der Waals surface area contributed by atoms with Crippen molar-refractivity contribution < 1.29 is 18.4 Å². The average Bonchev–Trinajstić information content (AvgIpc) is 2.73. The molecule has 0 unspecified atom stereocenters. The number of primary amides is 1. The minimum absolute atomic E-state index is 0.251. The molecule has 0 aliphatic heterocycles. The molecule has 2 amide bonds. The van der Waals surface area contributed by atoms with Crippen LogP contribution in [0.5, 0.6) is 0 Å². The molecule has 30 heavy (non-hydrogen) atoms. The molecule has 4 nitrogen and oxygen atoms in total. The van der Waals surface area contributed by atoms with Crippen molar-refractivity contribution >= 4 is 11.8 Å². The summed E-state index contributed by atoms with van der Waals surface area (Å²) in [5.41, 5.74) is 6.85. The van der Waals surface area contributed by atoms with Crippen LogP contribution in [0.25, 0.3) is 0 Å². The van der Waals surface area contributed by atoms with E-state index in [2.05, 4.69) is 0 Å². The number of halogens is 2. The van der Waals surface area contributed by atoms with Crippen LogP contribution in [-0.4, -0.2) is 16.7 Å². The van der Waals surface area contributed by atoms with Crippen molar-refractivity contribution in [3.8, 4) is 0 Å². The van der Waals surface area contributed by atoms with E-state index >= 15 is 0 Å². The van der Waals surface area contributed by atoms with Gasteiger partial charge < -0.3 is 10.6 Å². The molecule has 2 N–H and O–H groups in total. The topological polar surface area (TPSA) is 63.4 Å². The molecular formula is C24H22F2N2O2. The molecule has 154 valence electrons. The van der Waals surface area contributed by atoms with Crippen molar-refractivity contribution in [1.29, 1.82) is 0 Å². The van der Waals surface area contributed by atoms with Crippen LogP contribution >= 0.6 is 0 Å². The molecular weight excluding hydrogens is 386 g/mol. The van der Waals surface area contributed by atoms with Crippen molar-refractivity contribution in [2.75, 3.05) is 0 Å². The number of benzene rings is 3. The third-order valence-electron chi connectivity index (χ3n) is 4.91. The van der Waals surface area contributed by atoms with Crippen LogP contribution < -0.4 is 5.73 Å². The molecule has 0 aromatic heterocycles. The summed E-state index contributed by atoms with van der Waals surface area (Å²) in [6, 6.07) is 18.3. The monoisotopic (exact) mass is 408 g/mol. The maximum Gasteiger partial charge on any atom is 0.255 e. The molecule has 0 aliphatic carbocycles. The Balaban J connectivity index is 2.19. The van der Waals surface area contributed by atoms with Crippen molar-refractivity contribution in [3.63, 3.8) is 0 Å². The van der Waals surface area contributed by atoms with Gasteiger partial charge in [-0.25, -0.2) is 8.78 Å². The van der Waals surface area contributed by atoms with Gasteiger partial charge >= 0.3 is 0 Å². The fourth-order valence-corrected chi connectivity index (χ4v) is 3.63. The van der Waals surface area contributed by atoms with E-state index < -0.39 is 35.5 Å². The smallest absolute Gasteiger partial charge is 0.255 e. The number of carbonyl (C=O) groups excluding carboxylic acids is 2. The second-order valence-electron chi connectivity index (χ2n) is 6.92. The minimum Gasteiger partial charge on any atom is -0.368 e. The van der Waals surface area contributed by atoms with Gasteiger partial charge in [-0.15, -0.1) is 0 Å². The van der Waals surface area contributed by atoms with Gasteiger partial charge in [-0.3, -0.25) is 9.59 Å². The highest BCUT2D eigenvalue weighted by Gasteiger charge is 2.36. The minimum atomic E-state index is -1.12. The maximum absolute atomic E-state index is 14.0. The predicted octanol–water partition coefficient (Wildman–Crippen LogP) is 4.78. The summed E-state index contributed by atoms with van der Waals surface area (Å²) < 4.78 is 27.9. The molecule has 2 atom stereocenters. The second kappa shape index (κ2) is 9.31. The zero-order chi connectivity index (χ0) is 21.7. The van der Waals surface area contributed by atoms with Gasteiger partial charge in [0, 0.05) is 11.6 Å². The number of rotatable bonds is 7. The van der Waals surface area contributed by atoms with E-state index in [0.29, 0.717) is 17.5 Å². The van der Waals surface area contributed by atoms with E-state index in [1.165, 1.54) is 17.0 Å². The van der Waals surface area contributed by atoms with Crippen molar-refractivity contribution in [2.45, 2.75) is 25.4 Å². The Morgan fingerprint density at radius 1 is 0.867 bits per heavy atom. The largest absolute Gasteiger partial charge is 0.368 e. The van der Waals surface area contributed by atoms with Gasteiger partial charge in [0.25, 0.3) is 5.91 Å². The molecule has 3 aromatic rings. The Kier molecular flexibility index (Phi) is 6.57. The van der Waals surface area contributed by atoms with Crippen molar-refractivity contribution in [3.05, 3.63) is 107 Å². The number of carbonyl (C=O) groups is 2. The molecule has 3 aromatic carbocycles. The van der Waals surface area contributed by atoms with E-state index in [9.17, 15) is 18.4 Å². The Labute approximate surface area is 173 Å². The predicted molar refractivity (Wildman–Crippen MR) is 110 cm³/mol. The summed E-state index contributed by atoms with van der Waals surface area (Å²) in [5.74, 6) is -2.71. The molecule has 0 fully saturated rings. The van der Waals surface area contributed by atoms with Gasteiger partial charge in [0.15, 0.2) is 0 Å².